The normalized spacial score (nSPS) is 10.9. The van der Waals surface area contributed by atoms with Gasteiger partial charge in [0.1, 0.15) is 10.9 Å². The minimum atomic E-state index is 0.416. The molecule has 0 aliphatic carbocycles. The van der Waals surface area contributed by atoms with Gasteiger partial charge in [-0.2, -0.15) is 0 Å². The highest BCUT2D eigenvalue weighted by Crippen LogP contribution is 2.33. The first kappa shape index (κ1) is 14.8. The summed E-state index contributed by atoms with van der Waals surface area (Å²) in [5.74, 6) is 1.32. The molecule has 106 valence electrons. The summed E-state index contributed by atoms with van der Waals surface area (Å²) in [6, 6.07) is 11.4. The Morgan fingerprint density at radius 1 is 1.10 bits per heavy atom. The molecule has 1 aromatic heterocycles. The molecule has 0 fully saturated rings. The van der Waals surface area contributed by atoms with Gasteiger partial charge < -0.3 is 4.74 Å². The summed E-state index contributed by atoms with van der Waals surface area (Å²) < 4.78 is 7.01. The molecule has 1 heterocycles. The molecular weight excluding hydrogens is 419 g/mol. The molecule has 0 unspecified atom stereocenters. The number of hydrogen-bond acceptors (Lipinski definition) is 3. The predicted molar refractivity (Wildman–Crippen MR) is 91.9 cm³/mol. The Morgan fingerprint density at radius 2 is 1.90 bits per heavy atom. The summed E-state index contributed by atoms with van der Waals surface area (Å²) in [4.78, 5) is 8.99. The second kappa shape index (κ2) is 5.91. The van der Waals surface area contributed by atoms with Crippen molar-refractivity contribution in [3.63, 3.8) is 0 Å². The van der Waals surface area contributed by atoms with Crippen molar-refractivity contribution in [2.45, 2.75) is 0 Å². The highest BCUT2D eigenvalue weighted by atomic mass is 79.9. The van der Waals surface area contributed by atoms with Crippen LogP contribution in [0.1, 0.15) is 0 Å². The Kier molecular flexibility index (Phi) is 4.15. The number of fused-ring (bicyclic) bond motifs is 1. The maximum absolute atomic E-state index is 6.31. The van der Waals surface area contributed by atoms with Gasteiger partial charge in [0.25, 0.3) is 0 Å². The van der Waals surface area contributed by atoms with E-state index in [0.29, 0.717) is 11.0 Å². The van der Waals surface area contributed by atoms with Crippen molar-refractivity contribution >= 4 is 54.4 Å². The first-order valence-electron chi connectivity index (χ1n) is 6.05. The van der Waals surface area contributed by atoms with Gasteiger partial charge >= 0.3 is 0 Å². The smallest absolute Gasteiger partial charge is 0.161 e. The maximum atomic E-state index is 6.31. The predicted octanol–water partition coefficient (Wildman–Crippen LogP) is 5.48. The van der Waals surface area contributed by atoms with Gasteiger partial charge in [0.2, 0.25) is 0 Å². The molecule has 21 heavy (non-hydrogen) atoms. The lowest BCUT2D eigenvalue weighted by Gasteiger charge is -2.08. The summed E-state index contributed by atoms with van der Waals surface area (Å²) in [5, 5.41) is 1.21. The van der Waals surface area contributed by atoms with Crippen LogP contribution in [0.2, 0.25) is 5.15 Å². The van der Waals surface area contributed by atoms with E-state index in [1.165, 1.54) is 0 Å². The number of benzene rings is 2. The second-order valence-corrected chi connectivity index (χ2v) is 6.48. The largest absolute Gasteiger partial charge is 0.497 e. The van der Waals surface area contributed by atoms with E-state index in [9.17, 15) is 0 Å². The highest BCUT2D eigenvalue weighted by Gasteiger charge is 2.12. The molecule has 6 heteroatoms. The summed E-state index contributed by atoms with van der Waals surface area (Å²) in [6.45, 7) is 0. The minimum absolute atomic E-state index is 0.416. The number of rotatable bonds is 2. The summed E-state index contributed by atoms with van der Waals surface area (Å²) >= 11 is 13.3. The van der Waals surface area contributed by atoms with Crippen LogP contribution in [0.15, 0.2) is 45.3 Å². The maximum Gasteiger partial charge on any atom is 0.161 e. The molecule has 0 amide bonds. The van der Waals surface area contributed by atoms with Crippen molar-refractivity contribution in [2.24, 2.45) is 0 Å². The fraction of sp³-hybridized carbons (Fsp3) is 0.0667. The monoisotopic (exact) mass is 426 g/mol. The molecule has 0 aliphatic heterocycles. The number of hydrogen-bond donors (Lipinski definition) is 0. The third kappa shape index (κ3) is 2.91. The lowest BCUT2D eigenvalue weighted by Crippen LogP contribution is -1.93. The van der Waals surface area contributed by atoms with Gasteiger partial charge in [0.05, 0.1) is 12.6 Å². The summed E-state index contributed by atoms with van der Waals surface area (Å²) in [5.41, 5.74) is 1.63. The van der Waals surface area contributed by atoms with Crippen molar-refractivity contribution in [3.05, 3.63) is 50.5 Å². The van der Waals surface area contributed by atoms with E-state index in [-0.39, 0.29) is 0 Å². The Balaban J connectivity index is 2.24. The number of halogens is 3. The van der Waals surface area contributed by atoms with E-state index in [1.807, 2.05) is 36.4 Å². The lowest BCUT2D eigenvalue weighted by molar-refractivity contribution is 0.415. The van der Waals surface area contributed by atoms with Crippen LogP contribution < -0.4 is 4.74 Å². The standard InChI is InChI=1S/C15H9Br2ClN2O/c1-21-10-4-2-3-8(5-10)15-19-13-11(14(18)20-15)6-9(16)7-12(13)17/h2-7H,1H3. The number of ether oxygens (including phenoxy) is 1. The van der Waals surface area contributed by atoms with Gasteiger partial charge in [-0.15, -0.1) is 0 Å². The number of aromatic nitrogens is 2. The van der Waals surface area contributed by atoms with Crippen molar-refractivity contribution < 1.29 is 4.74 Å². The third-order valence-electron chi connectivity index (χ3n) is 3.00. The molecule has 0 saturated heterocycles. The zero-order chi connectivity index (χ0) is 15.0. The fourth-order valence-corrected chi connectivity index (χ4v) is 3.55. The average molecular weight is 429 g/mol. The number of nitrogens with zero attached hydrogens (tertiary/aromatic N) is 2. The highest BCUT2D eigenvalue weighted by molar-refractivity contribution is 9.11. The minimum Gasteiger partial charge on any atom is -0.497 e. The first-order valence-corrected chi connectivity index (χ1v) is 8.01. The molecule has 0 saturated carbocycles. The summed E-state index contributed by atoms with van der Waals surface area (Å²) in [6.07, 6.45) is 0. The van der Waals surface area contributed by atoms with Gasteiger partial charge in [-0.05, 0) is 40.2 Å². The van der Waals surface area contributed by atoms with Crippen molar-refractivity contribution in [1.29, 1.82) is 0 Å². The van der Waals surface area contributed by atoms with Gasteiger partial charge in [-0.3, -0.25) is 0 Å². The molecule has 2 aromatic carbocycles. The van der Waals surface area contributed by atoms with Gasteiger partial charge in [-0.25, -0.2) is 9.97 Å². The zero-order valence-corrected chi connectivity index (χ0v) is 14.8. The molecule has 0 atom stereocenters. The van der Waals surface area contributed by atoms with Crippen LogP contribution in [0.4, 0.5) is 0 Å². The van der Waals surface area contributed by atoms with Gasteiger partial charge in [0, 0.05) is 19.9 Å². The van der Waals surface area contributed by atoms with E-state index in [2.05, 4.69) is 41.8 Å². The van der Waals surface area contributed by atoms with Crippen LogP contribution in [0.5, 0.6) is 5.75 Å². The van der Waals surface area contributed by atoms with Gasteiger partial charge in [-0.1, -0.05) is 39.7 Å². The second-order valence-electron chi connectivity index (χ2n) is 4.35. The summed E-state index contributed by atoms with van der Waals surface area (Å²) in [7, 11) is 1.63. The quantitative estimate of drug-likeness (QED) is 0.507. The Bertz CT molecular complexity index is 839. The van der Waals surface area contributed by atoms with E-state index in [4.69, 9.17) is 16.3 Å². The molecule has 0 radical (unpaired) electrons. The van der Waals surface area contributed by atoms with Crippen LogP contribution in [0.3, 0.4) is 0 Å². The van der Waals surface area contributed by atoms with Crippen molar-refractivity contribution in [1.82, 2.24) is 9.97 Å². The van der Waals surface area contributed by atoms with Crippen LogP contribution in [-0.2, 0) is 0 Å². The third-order valence-corrected chi connectivity index (χ3v) is 4.35. The lowest BCUT2D eigenvalue weighted by atomic mass is 10.2. The zero-order valence-electron chi connectivity index (χ0n) is 10.9. The molecule has 0 aliphatic rings. The van der Waals surface area contributed by atoms with Gasteiger partial charge in [0.15, 0.2) is 5.82 Å². The molecular formula is C15H9Br2ClN2O. The fourth-order valence-electron chi connectivity index (χ4n) is 2.01. The van der Waals surface area contributed by atoms with Crippen LogP contribution in [-0.4, -0.2) is 17.1 Å². The molecule has 3 nitrogen and oxygen atoms in total. The Hall–Kier alpha value is -1.17. The van der Waals surface area contributed by atoms with E-state index < -0.39 is 0 Å². The van der Waals surface area contributed by atoms with Crippen LogP contribution in [0.25, 0.3) is 22.3 Å². The Morgan fingerprint density at radius 3 is 2.67 bits per heavy atom. The molecule has 0 bridgehead atoms. The van der Waals surface area contributed by atoms with Crippen LogP contribution in [0, 0.1) is 0 Å². The van der Waals surface area contributed by atoms with E-state index >= 15 is 0 Å². The molecule has 3 aromatic rings. The SMILES string of the molecule is COc1cccc(-c2nc(Cl)c3cc(Br)cc(Br)c3n2)c1. The van der Waals surface area contributed by atoms with E-state index in [1.54, 1.807) is 7.11 Å². The topological polar surface area (TPSA) is 35.0 Å². The molecule has 0 spiro atoms. The Labute approximate surface area is 143 Å². The van der Waals surface area contributed by atoms with Crippen molar-refractivity contribution in [3.8, 4) is 17.1 Å². The average Bonchev–Trinajstić information content (AvgIpc) is 2.48. The molecule has 3 rings (SSSR count). The van der Waals surface area contributed by atoms with Crippen molar-refractivity contribution in [2.75, 3.05) is 7.11 Å². The first-order chi connectivity index (χ1) is 10.1. The molecule has 0 N–H and O–H groups in total. The van der Waals surface area contributed by atoms with E-state index in [0.717, 1.165) is 31.2 Å². The van der Waals surface area contributed by atoms with Crippen LogP contribution >= 0.6 is 43.5 Å². The number of methoxy groups -OCH3 is 1.